The van der Waals surface area contributed by atoms with Crippen molar-refractivity contribution in [2.45, 2.75) is 50.3 Å². The number of alkyl halides is 3. The van der Waals surface area contributed by atoms with Crippen LogP contribution in [-0.4, -0.2) is 58.3 Å². The van der Waals surface area contributed by atoms with E-state index in [1.165, 1.54) is 23.8 Å². The zero-order chi connectivity index (χ0) is 28.6. The van der Waals surface area contributed by atoms with Gasteiger partial charge in [-0.2, -0.15) is 13.2 Å². The number of nitrogens with one attached hydrogen (secondary N) is 2. The van der Waals surface area contributed by atoms with Gasteiger partial charge in [-0.1, -0.05) is 25.8 Å². The van der Waals surface area contributed by atoms with Crippen LogP contribution in [0.25, 0.3) is 10.9 Å². The molecule has 0 spiro atoms. The largest absolute Gasteiger partial charge is 0.495 e. The zero-order valence-electron chi connectivity index (χ0n) is 22.5. The molecule has 11 heteroatoms. The Morgan fingerprint density at radius 1 is 1.10 bits per heavy atom. The van der Waals surface area contributed by atoms with E-state index in [1.54, 1.807) is 24.3 Å². The predicted molar refractivity (Wildman–Crippen MR) is 148 cm³/mol. The minimum atomic E-state index is -4.42. The smallest absolute Gasteiger partial charge is 0.406 e. The number of halogens is 3. The Morgan fingerprint density at radius 3 is 2.46 bits per heavy atom. The fourth-order valence-corrected chi connectivity index (χ4v) is 4.88. The first kappa shape index (κ1) is 30.2. The van der Waals surface area contributed by atoms with Gasteiger partial charge in [-0.15, -0.1) is 0 Å². The number of hydrogen-bond donors (Lipinski definition) is 2. The number of nitrogens with zero attached hydrogens (tertiary/aromatic N) is 1. The molecule has 39 heavy (non-hydrogen) atoms. The second-order valence-electron chi connectivity index (χ2n) is 8.79. The van der Waals surface area contributed by atoms with E-state index in [-0.39, 0.29) is 23.2 Å². The van der Waals surface area contributed by atoms with Crippen LogP contribution < -0.4 is 15.4 Å². The molecule has 1 saturated heterocycles. The van der Waals surface area contributed by atoms with Gasteiger partial charge in [0, 0.05) is 42.7 Å². The summed E-state index contributed by atoms with van der Waals surface area (Å²) < 4.78 is 75.7. The molecule has 2 N–H and O–H groups in total. The molecule has 1 aromatic heterocycles. The van der Waals surface area contributed by atoms with Crippen molar-refractivity contribution in [2.24, 2.45) is 0 Å². The van der Waals surface area contributed by atoms with Gasteiger partial charge in [0.1, 0.15) is 12.3 Å². The monoisotopic (exact) mass is 565 g/mol. The van der Waals surface area contributed by atoms with E-state index >= 15 is 0 Å². The van der Waals surface area contributed by atoms with Crippen molar-refractivity contribution in [3.8, 4) is 17.6 Å². The molecule has 2 aromatic carbocycles. The SMILES string of the molecule is CC.COc1cc(S(C)(=O)=O)ccc1NCC#Cc1cc2c(NC3CCOCC3)cccc2n1CC(F)(F)F. The van der Waals surface area contributed by atoms with Gasteiger partial charge < -0.3 is 24.7 Å². The number of ether oxygens (including phenoxy) is 2. The van der Waals surface area contributed by atoms with E-state index in [2.05, 4.69) is 22.5 Å². The minimum absolute atomic E-state index is 0.106. The second kappa shape index (κ2) is 13.1. The molecule has 1 fully saturated rings. The Bertz CT molecular complexity index is 1430. The van der Waals surface area contributed by atoms with Crippen molar-refractivity contribution >= 4 is 32.1 Å². The third-order valence-electron chi connectivity index (χ3n) is 6.05. The summed E-state index contributed by atoms with van der Waals surface area (Å²) in [6.45, 7) is 4.24. The molecule has 2 heterocycles. The molecule has 0 bridgehead atoms. The average molecular weight is 566 g/mol. The highest BCUT2D eigenvalue weighted by Crippen LogP contribution is 2.31. The summed E-state index contributed by atoms with van der Waals surface area (Å²) in [5, 5.41) is 7.16. The number of anilines is 2. The van der Waals surface area contributed by atoms with Gasteiger partial charge in [0.2, 0.25) is 0 Å². The van der Waals surface area contributed by atoms with Gasteiger partial charge in [0.15, 0.2) is 9.84 Å². The van der Waals surface area contributed by atoms with Crippen LogP contribution >= 0.6 is 0 Å². The number of benzene rings is 2. The first-order chi connectivity index (χ1) is 18.5. The van der Waals surface area contributed by atoms with Crippen molar-refractivity contribution in [1.29, 1.82) is 0 Å². The average Bonchev–Trinajstić information content (AvgIpc) is 3.24. The standard InChI is InChI=1S/C26H28F3N3O4S.C2H6/c1-35-25-16-20(37(2,33)34)8-9-23(25)30-12-4-5-19-15-21-22(31-18-10-13-36-14-11-18)6-3-7-24(21)32(19)17-26(27,28)29;1-2/h3,6-9,15-16,18,30-31H,10-14,17H2,1-2H3;1-2H3. The van der Waals surface area contributed by atoms with Crippen LogP contribution in [0.15, 0.2) is 47.4 Å². The van der Waals surface area contributed by atoms with Crippen LogP contribution in [0.1, 0.15) is 32.4 Å². The summed E-state index contributed by atoms with van der Waals surface area (Å²) in [5.74, 6) is 6.06. The molecule has 0 saturated carbocycles. The summed E-state index contributed by atoms with van der Waals surface area (Å²) in [6.07, 6.45) is -1.66. The van der Waals surface area contributed by atoms with Gasteiger partial charge in [-0.25, -0.2) is 8.42 Å². The third-order valence-corrected chi connectivity index (χ3v) is 7.16. The number of sulfone groups is 1. The lowest BCUT2D eigenvalue weighted by atomic mass is 10.1. The highest BCUT2D eigenvalue weighted by atomic mass is 32.2. The Morgan fingerprint density at radius 2 is 1.82 bits per heavy atom. The van der Waals surface area contributed by atoms with Crippen LogP contribution in [-0.2, 0) is 21.1 Å². The first-order valence-corrected chi connectivity index (χ1v) is 14.6. The predicted octanol–water partition coefficient (Wildman–Crippen LogP) is 5.70. The van der Waals surface area contributed by atoms with E-state index in [0.29, 0.717) is 35.6 Å². The summed E-state index contributed by atoms with van der Waals surface area (Å²) in [4.78, 5) is 0.114. The Balaban J connectivity index is 0.00000205. The highest BCUT2D eigenvalue weighted by Gasteiger charge is 2.30. The molecule has 0 aliphatic carbocycles. The quantitative estimate of drug-likeness (QED) is 0.358. The van der Waals surface area contributed by atoms with Crippen molar-refractivity contribution in [1.82, 2.24) is 4.57 Å². The number of fused-ring (bicyclic) bond motifs is 1. The van der Waals surface area contributed by atoms with Gasteiger partial charge in [-0.3, -0.25) is 0 Å². The van der Waals surface area contributed by atoms with Crippen molar-refractivity contribution in [3.05, 3.63) is 48.2 Å². The fraction of sp³-hybridized carbons (Fsp3) is 0.429. The van der Waals surface area contributed by atoms with Crippen LogP contribution in [0.5, 0.6) is 5.75 Å². The zero-order valence-corrected chi connectivity index (χ0v) is 23.3. The summed E-state index contributed by atoms with van der Waals surface area (Å²) >= 11 is 0. The molecule has 0 amide bonds. The Labute approximate surface area is 227 Å². The molecular formula is C28H34F3N3O4S. The van der Waals surface area contributed by atoms with E-state index in [9.17, 15) is 21.6 Å². The van der Waals surface area contributed by atoms with E-state index < -0.39 is 22.6 Å². The maximum Gasteiger partial charge on any atom is 0.406 e. The van der Waals surface area contributed by atoms with Crippen molar-refractivity contribution < 1.29 is 31.1 Å². The lowest BCUT2D eigenvalue weighted by Crippen LogP contribution is -2.27. The molecule has 3 aromatic rings. The molecule has 212 valence electrons. The maximum absolute atomic E-state index is 13.4. The van der Waals surface area contributed by atoms with E-state index in [0.717, 1.165) is 24.8 Å². The normalized spacial score (nSPS) is 14.1. The lowest BCUT2D eigenvalue weighted by molar-refractivity contribution is -0.140. The van der Waals surface area contributed by atoms with Gasteiger partial charge in [-0.05, 0) is 49.1 Å². The van der Waals surface area contributed by atoms with Crippen molar-refractivity contribution in [3.63, 3.8) is 0 Å². The van der Waals surface area contributed by atoms with E-state index in [4.69, 9.17) is 9.47 Å². The number of rotatable bonds is 7. The summed E-state index contributed by atoms with van der Waals surface area (Å²) in [6, 6.07) is 11.5. The van der Waals surface area contributed by atoms with Gasteiger partial charge in [0.25, 0.3) is 0 Å². The molecule has 7 nitrogen and oxygen atoms in total. The number of methoxy groups -OCH3 is 1. The molecule has 0 atom stereocenters. The van der Waals surface area contributed by atoms with Crippen molar-refractivity contribution in [2.75, 3.05) is 43.8 Å². The fourth-order valence-electron chi connectivity index (χ4n) is 4.25. The third kappa shape index (κ3) is 8.07. The minimum Gasteiger partial charge on any atom is -0.495 e. The number of aromatic nitrogens is 1. The molecular weight excluding hydrogens is 531 g/mol. The Hall–Kier alpha value is -3.36. The van der Waals surface area contributed by atoms with Gasteiger partial charge in [0.05, 0.1) is 35.4 Å². The second-order valence-corrected chi connectivity index (χ2v) is 10.8. The summed E-state index contributed by atoms with van der Waals surface area (Å²) in [7, 11) is -1.98. The van der Waals surface area contributed by atoms with Crippen LogP contribution in [0, 0.1) is 11.8 Å². The maximum atomic E-state index is 13.4. The molecule has 0 unspecified atom stereocenters. The lowest BCUT2D eigenvalue weighted by Gasteiger charge is -2.24. The molecule has 1 aliphatic rings. The van der Waals surface area contributed by atoms with Gasteiger partial charge >= 0.3 is 6.18 Å². The highest BCUT2D eigenvalue weighted by molar-refractivity contribution is 7.90. The van der Waals surface area contributed by atoms with Crippen LogP contribution in [0.4, 0.5) is 24.5 Å². The van der Waals surface area contributed by atoms with Crippen LogP contribution in [0.2, 0.25) is 0 Å². The molecule has 0 radical (unpaired) electrons. The molecule has 4 rings (SSSR count). The van der Waals surface area contributed by atoms with E-state index in [1.807, 2.05) is 19.9 Å². The molecule has 1 aliphatic heterocycles. The first-order valence-electron chi connectivity index (χ1n) is 12.7. The number of hydrogen-bond acceptors (Lipinski definition) is 6. The summed E-state index contributed by atoms with van der Waals surface area (Å²) in [5.41, 5.74) is 1.98. The van der Waals surface area contributed by atoms with Crippen LogP contribution in [0.3, 0.4) is 0 Å². The topological polar surface area (TPSA) is 81.6 Å². The Kier molecular flexibility index (Phi) is 10.2.